The Morgan fingerprint density at radius 3 is 3.00 bits per heavy atom. The molecule has 1 aliphatic heterocycles. The molecule has 0 aromatic heterocycles. The summed E-state index contributed by atoms with van der Waals surface area (Å²) in [7, 11) is 0. The van der Waals surface area contributed by atoms with Gasteiger partial charge >= 0.3 is 0 Å². The highest BCUT2D eigenvalue weighted by atomic mass is 79.9. The van der Waals surface area contributed by atoms with Gasteiger partial charge < -0.3 is 10.1 Å². The molecule has 0 saturated carbocycles. The molecule has 2 unspecified atom stereocenters. The van der Waals surface area contributed by atoms with Crippen molar-refractivity contribution >= 4 is 27.5 Å². The third-order valence-corrected chi connectivity index (χ3v) is 3.49. The zero-order valence-corrected chi connectivity index (χ0v) is 11.7. The zero-order valence-electron chi connectivity index (χ0n) is 9.39. The van der Waals surface area contributed by atoms with Crippen molar-refractivity contribution in [3.63, 3.8) is 0 Å². The molecule has 2 nitrogen and oxygen atoms in total. The molecule has 2 rings (SSSR count). The highest BCUT2D eigenvalue weighted by molar-refractivity contribution is 9.10. The molecule has 16 heavy (non-hydrogen) atoms. The first-order valence-electron chi connectivity index (χ1n) is 5.50. The van der Waals surface area contributed by atoms with Crippen molar-refractivity contribution in [3.05, 3.63) is 27.2 Å². The summed E-state index contributed by atoms with van der Waals surface area (Å²) >= 11 is 9.66. The molecule has 0 fully saturated rings. The summed E-state index contributed by atoms with van der Waals surface area (Å²) in [5.41, 5.74) is 1.15. The van der Waals surface area contributed by atoms with E-state index in [1.54, 1.807) is 0 Å². The predicted molar refractivity (Wildman–Crippen MR) is 70.3 cm³/mol. The number of rotatable bonds is 2. The fraction of sp³-hybridized carbons (Fsp3) is 0.500. The minimum Gasteiger partial charge on any atom is -0.489 e. The second kappa shape index (κ2) is 4.94. The molecule has 0 saturated heterocycles. The third kappa shape index (κ3) is 2.36. The third-order valence-electron chi connectivity index (χ3n) is 2.75. The Bertz CT molecular complexity index is 397. The molecule has 1 aromatic carbocycles. The monoisotopic (exact) mass is 303 g/mol. The van der Waals surface area contributed by atoms with Crippen LogP contribution < -0.4 is 10.1 Å². The minimum atomic E-state index is 0.204. The van der Waals surface area contributed by atoms with Crippen molar-refractivity contribution in [2.45, 2.75) is 32.4 Å². The second-order valence-electron chi connectivity index (χ2n) is 4.08. The van der Waals surface area contributed by atoms with Gasteiger partial charge in [0.15, 0.2) is 0 Å². The Hall–Kier alpha value is -0.250. The molecule has 0 aliphatic carbocycles. The van der Waals surface area contributed by atoms with E-state index >= 15 is 0 Å². The standard InChI is InChI=1S/C12H15BrClNO/c1-3-15-11-4-7(2)16-12-9(11)5-8(13)6-10(12)14/h5-7,11,15H,3-4H2,1-2H3. The van der Waals surface area contributed by atoms with Gasteiger partial charge in [-0.1, -0.05) is 34.5 Å². The van der Waals surface area contributed by atoms with Gasteiger partial charge in [-0.25, -0.2) is 0 Å². The van der Waals surface area contributed by atoms with Gasteiger partial charge in [-0.2, -0.15) is 0 Å². The lowest BCUT2D eigenvalue weighted by Gasteiger charge is -2.31. The van der Waals surface area contributed by atoms with Gasteiger partial charge in [0, 0.05) is 22.5 Å². The van der Waals surface area contributed by atoms with E-state index in [1.807, 2.05) is 6.07 Å². The second-order valence-corrected chi connectivity index (χ2v) is 5.40. The first-order chi connectivity index (χ1) is 7.61. The first-order valence-corrected chi connectivity index (χ1v) is 6.68. The van der Waals surface area contributed by atoms with Crippen LogP contribution in [0.3, 0.4) is 0 Å². The van der Waals surface area contributed by atoms with Gasteiger partial charge in [-0.3, -0.25) is 0 Å². The topological polar surface area (TPSA) is 21.3 Å². The summed E-state index contributed by atoms with van der Waals surface area (Å²) in [6.07, 6.45) is 1.18. The van der Waals surface area contributed by atoms with E-state index in [4.69, 9.17) is 16.3 Å². The number of hydrogen-bond acceptors (Lipinski definition) is 2. The van der Waals surface area contributed by atoms with E-state index in [0.717, 1.165) is 28.8 Å². The van der Waals surface area contributed by atoms with Crippen LogP contribution in [0.5, 0.6) is 5.75 Å². The molecule has 2 atom stereocenters. The van der Waals surface area contributed by atoms with Gasteiger partial charge in [-0.05, 0) is 25.6 Å². The average molecular weight is 305 g/mol. The summed E-state index contributed by atoms with van der Waals surface area (Å²) in [4.78, 5) is 0. The van der Waals surface area contributed by atoms with Crippen LogP contribution in [0.15, 0.2) is 16.6 Å². The largest absolute Gasteiger partial charge is 0.489 e. The lowest BCUT2D eigenvalue weighted by Crippen LogP contribution is -2.31. The van der Waals surface area contributed by atoms with Crippen molar-refractivity contribution in [3.8, 4) is 5.75 Å². The summed E-state index contributed by atoms with van der Waals surface area (Å²) in [6.45, 7) is 5.13. The molecule has 1 aromatic rings. The van der Waals surface area contributed by atoms with Crippen LogP contribution in [-0.2, 0) is 0 Å². The quantitative estimate of drug-likeness (QED) is 0.894. The number of nitrogens with one attached hydrogen (secondary N) is 1. The van der Waals surface area contributed by atoms with Gasteiger partial charge in [0.2, 0.25) is 0 Å². The molecule has 0 radical (unpaired) electrons. The molecular formula is C12H15BrClNO. The molecule has 4 heteroatoms. The van der Waals surface area contributed by atoms with Gasteiger partial charge in [0.05, 0.1) is 11.1 Å². The Morgan fingerprint density at radius 1 is 1.56 bits per heavy atom. The maximum atomic E-state index is 6.20. The lowest BCUT2D eigenvalue weighted by molar-refractivity contribution is 0.167. The summed E-state index contributed by atoms with van der Waals surface area (Å²) in [5, 5.41) is 4.15. The van der Waals surface area contributed by atoms with E-state index in [0.29, 0.717) is 11.1 Å². The fourth-order valence-corrected chi connectivity index (χ4v) is 2.99. The van der Waals surface area contributed by atoms with Crippen molar-refractivity contribution in [2.75, 3.05) is 6.54 Å². The highest BCUT2D eigenvalue weighted by Gasteiger charge is 2.27. The van der Waals surface area contributed by atoms with Crippen LogP contribution in [0.25, 0.3) is 0 Å². The molecule has 1 aliphatic rings. The number of halogens is 2. The van der Waals surface area contributed by atoms with Crippen LogP contribution in [0.1, 0.15) is 31.9 Å². The summed E-state index contributed by atoms with van der Waals surface area (Å²) < 4.78 is 6.80. The normalized spacial score (nSPS) is 23.8. The minimum absolute atomic E-state index is 0.204. The number of hydrogen-bond donors (Lipinski definition) is 1. The Morgan fingerprint density at radius 2 is 2.31 bits per heavy atom. The van der Waals surface area contributed by atoms with Gasteiger partial charge in [0.1, 0.15) is 5.75 Å². The molecule has 1 N–H and O–H groups in total. The fourth-order valence-electron chi connectivity index (χ4n) is 2.11. The van der Waals surface area contributed by atoms with E-state index in [1.165, 1.54) is 0 Å². The Labute approximate surface area is 109 Å². The molecule has 0 spiro atoms. The van der Waals surface area contributed by atoms with Crippen molar-refractivity contribution in [1.29, 1.82) is 0 Å². The Kier molecular flexibility index (Phi) is 3.77. The lowest BCUT2D eigenvalue weighted by atomic mass is 9.97. The van der Waals surface area contributed by atoms with Crippen LogP contribution in [0.2, 0.25) is 5.02 Å². The van der Waals surface area contributed by atoms with Crippen molar-refractivity contribution < 1.29 is 4.74 Å². The maximum absolute atomic E-state index is 6.20. The smallest absolute Gasteiger partial charge is 0.143 e. The van der Waals surface area contributed by atoms with Gasteiger partial charge in [0.25, 0.3) is 0 Å². The van der Waals surface area contributed by atoms with E-state index in [-0.39, 0.29) is 6.10 Å². The predicted octanol–water partition coefficient (Wildman–Crippen LogP) is 3.92. The Balaban J connectivity index is 2.43. The zero-order chi connectivity index (χ0) is 11.7. The summed E-state index contributed by atoms with van der Waals surface area (Å²) in [6, 6.07) is 4.29. The van der Waals surface area contributed by atoms with E-state index < -0.39 is 0 Å². The number of benzene rings is 1. The highest BCUT2D eigenvalue weighted by Crippen LogP contribution is 2.41. The van der Waals surface area contributed by atoms with Gasteiger partial charge in [-0.15, -0.1) is 0 Å². The van der Waals surface area contributed by atoms with Crippen LogP contribution in [0, 0.1) is 0 Å². The molecular weight excluding hydrogens is 289 g/mol. The van der Waals surface area contributed by atoms with Crippen LogP contribution in [-0.4, -0.2) is 12.6 Å². The number of ether oxygens (including phenoxy) is 1. The summed E-state index contributed by atoms with van der Waals surface area (Å²) in [5.74, 6) is 0.828. The number of fused-ring (bicyclic) bond motifs is 1. The maximum Gasteiger partial charge on any atom is 0.143 e. The van der Waals surface area contributed by atoms with Crippen molar-refractivity contribution in [1.82, 2.24) is 5.32 Å². The molecule has 0 amide bonds. The van der Waals surface area contributed by atoms with Crippen LogP contribution >= 0.6 is 27.5 Å². The van der Waals surface area contributed by atoms with E-state index in [9.17, 15) is 0 Å². The molecule has 0 bridgehead atoms. The average Bonchev–Trinajstić information content (AvgIpc) is 2.20. The first kappa shape index (κ1) is 12.2. The van der Waals surface area contributed by atoms with Crippen LogP contribution in [0.4, 0.5) is 0 Å². The molecule has 88 valence electrons. The van der Waals surface area contributed by atoms with Crippen molar-refractivity contribution in [2.24, 2.45) is 0 Å². The SMILES string of the molecule is CCNC1CC(C)Oc2c(Cl)cc(Br)cc21. The van der Waals surface area contributed by atoms with E-state index in [2.05, 4.69) is 41.2 Å². The molecule has 1 heterocycles.